The predicted molar refractivity (Wildman–Crippen MR) is 65.5 cm³/mol. The van der Waals surface area contributed by atoms with Gasteiger partial charge in [0.05, 0.1) is 5.54 Å². The number of hydrogen-bond donors (Lipinski definition) is 1. The normalized spacial score (nSPS) is 17.9. The van der Waals surface area contributed by atoms with Gasteiger partial charge in [-0.2, -0.15) is 0 Å². The standard InChI is InChI=1S/C14H19NO/c1-2-4-11-5-7-12(8-6-11)13(16)14(15)9-3-10-14/h5-8H,2-4,9-10,15H2,1H3. The summed E-state index contributed by atoms with van der Waals surface area (Å²) in [7, 11) is 0. The summed E-state index contributed by atoms with van der Waals surface area (Å²) in [6.45, 7) is 2.16. The Morgan fingerprint density at radius 1 is 1.31 bits per heavy atom. The molecule has 0 heterocycles. The Hall–Kier alpha value is -1.15. The van der Waals surface area contributed by atoms with E-state index in [0.717, 1.165) is 37.7 Å². The quantitative estimate of drug-likeness (QED) is 0.788. The Morgan fingerprint density at radius 2 is 1.94 bits per heavy atom. The van der Waals surface area contributed by atoms with Crippen molar-refractivity contribution in [2.45, 2.75) is 44.6 Å². The number of carbonyl (C=O) groups excluding carboxylic acids is 1. The van der Waals surface area contributed by atoms with Crippen LogP contribution in [0.3, 0.4) is 0 Å². The molecular formula is C14H19NO. The zero-order chi connectivity index (χ0) is 11.6. The summed E-state index contributed by atoms with van der Waals surface area (Å²) in [5.74, 6) is 0.113. The van der Waals surface area contributed by atoms with E-state index in [2.05, 4.69) is 6.92 Å². The lowest BCUT2D eigenvalue weighted by molar-refractivity contribution is 0.0801. The van der Waals surface area contributed by atoms with E-state index in [4.69, 9.17) is 5.73 Å². The third kappa shape index (κ3) is 2.03. The molecule has 86 valence electrons. The lowest BCUT2D eigenvalue weighted by Gasteiger charge is -2.36. The Morgan fingerprint density at radius 3 is 2.38 bits per heavy atom. The number of hydrogen-bond acceptors (Lipinski definition) is 2. The number of benzene rings is 1. The van der Waals surface area contributed by atoms with Crippen molar-refractivity contribution in [2.24, 2.45) is 5.73 Å². The van der Waals surface area contributed by atoms with E-state index >= 15 is 0 Å². The number of ketones is 1. The molecule has 0 radical (unpaired) electrons. The number of nitrogens with two attached hydrogens (primary N) is 1. The molecule has 2 N–H and O–H groups in total. The van der Waals surface area contributed by atoms with Crippen LogP contribution in [0, 0.1) is 0 Å². The van der Waals surface area contributed by atoms with Crippen molar-refractivity contribution >= 4 is 5.78 Å². The summed E-state index contributed by atoms with van der Waals surface area (Å²) in [6, 6.07) is 7.91. The van der Waals surface area contributed by atoms with Gasteiger partial charge in [0.2, 0.25) is 0 Å². The molecule has 0 spiro atoms. The molecule has 1 aromatic carbocycles. The lowest BCUT2D eigenvalue weighted by atomic mass is 9.73. The van der Waals surface area contributed by atoms with Crippen molar-refractivity contribution in [3.8, 4) is 0 Å². The minimum atomic E-state index is -0.563. The van der Waals surface area contributed by atoms with E-state index in [9.17, 15) is 4.79 Å². The molecule has 1 aliphatic carbocycles. The van der Waals surface area contributed by atoms with Crippen LogP contribution < -0.4 is 5.73 Å². The molecule has 0 amide bonds. The van der Waals surface area contributed by atoms with Crippen LogP contribution in [0.1, 0.15) is 48.5 Å². The SMILES string of the molecule is CCCc1ccc(C(=O)C2(N)CCC2)cc1. The van der Waals surface area contributed by atoms with E-state index in [-0.39, 0.29) is 5.78 Å². The average molecular weight is 217 g/mol. The second kappa shape index (κ2) is 4.38. The van der Waals surface area contributed by atoms with Gasteiger partial charge in [-0.15, -0.1) is 0 Å². The maximum absolute atomic E-state index is 12.1. The van der Waals surface area contributed by atoms with Crippen LogP contribution in [0.15, 0.2) is 24.3 Å². The molecule has 2 heteroatoms. The highest BCUT2D eigenvalue weighted by molar-refractivity contribution is 6.03. The molecule has 0 unspecified atom stereocenters. The summed E-state index contributed by atoms with van der Waals surface area (Å²) in [5, 5.41) is 0. The fraction of sp³-hybridized carbons (Fsp3) is 0.500. The second-order valence-corrected chi connectivity index (χ2v) is 4.79. The summed E-state index contributed by atoms with van der Waals surface area (Å²) in [4.78, 5) is 12.1. The first-order valence-electron chi connectivity index (χ1n) is 6.08. The molecular weight excluding hydrogens is 198 g/mol. The largest absolute Gasteiger partial charge is 0.319 e. The van der Waals surface area contributed by atoms with Gasteiger partial charge in [-0.25, -0.2) is 0 Å². The minimum Gasteiger partial charge on any atom is -0.319 e. The number of carbonyl (C=O) groups is 1. The zero-order valence-electron chi connectivity index (χ0n) is 9.83. The zero-order valence-corrected chi connectivity index (χ0v) is 9.83. The topological polar surface area (TPSA) is 43.1 Å². The van der Waals surface area contributed by atoms with Gasteiger partial charge in [0, 0.05) is 5.56 Å². The molecule has 0 saturated heterocycles. The monoisotopic (exact) mass is 217 g/mol. The third-order valence-electron chi connectivity index (χ3n) is 3.45. The van der Waals surface area contributed by atoms with Gasteiger partial charge >= 0.3 is 0 Å². The molecule has 2 rings (SSSR count). The van der Waals surface area contributed by atoms with Gasteiger partial charge in [-0.05, 0) is 31.2 Å². The first-order valence-corrected chi connectivity index (χ1v) is 6.08. The van der Waals surface area contributed by atoms with Crippen molar-refractivity contribution in [3.05, 3.63) is 35.4 Å². The first-order chi connectivity index (χ1) is 7.65. The Kier molecular flexibility index (Phi) is 3.10. The predicted octanol–water partition coefficient (Wildman–Crippen LogP) is 2.70. The molecule has 1 aromatic rings. The first kappa shape index (κ1) is 11.3. The summed E-state index contributed by atoms with van der Waals surface area (Å²) >= 11 is 0. The molecule has 1 saturated carbocycles. The molecule has 0 aromatic heterocycles. The summed E-state index contributed by atoms with van der Waals surface area (Å²) in [5.41, 5.74) is 7.52. The van der Waals surface area contributed by atoms with Crippen LogP contribution in [0.25, 0.3) is 0 Å². The van der Waals surface area contributed by atoms with Crippen molar-refractivity contribution in [3.63, 3.8) is 0 Å². The second-order valence-electron chi connectivity index (χ2n) is 4.79. The highest BCUT2D eigenvalue weighted by Crippen LogP contribution is 2.32. The van der Waals surface area contributed by atoms with Gasteiger partial charge in [0.25, 0.3) is 0 Å². The van der Waals surface area contributed by atoms with Crippen LogP contribution in [0.2, 0.25) is 0 Å². The fourth-order valence-electron chi connectivity index (χ4n) is 2.18. The van der Waals surface area contributed by atoms with E-state index in [1.165, 1.54) is 5.56 Å². The van der Waals surface area contributed by atoms with Gasteiger partial charge < -0.3 is 5.73 Å². The lowest BCUT2D eigenvalue weighted by Crippen LogP contribution is -2.53. The van der Waals surface area contributed by atoms with Gasteiger partial charge in [0.1, 0.15) is 0 Å². The molecule has 2 nitrogen and oxygen atoms in total. The van der Waals surface area contributed by atoms with Crippen molar-refractivity contribution in [1.29, 1.82) is 0 Å². The number of aryl methyl sites for hydroxylation is 1. The molecule has 0 bridgehead atoms. The minimum absolute atomic E-state index is 0.113. The maximum Gasteiger partial charge on any atom is 0.182 e. The van der Waals surface area contributed by atoms with Crippen molar-refractivity contribution < 1.29 is 4.79 Å². The molecule has 16 heavy (non-hydrogen) atoms. The van der Waals surface area contributed by atoms with Crippen molar-refractivity contribution in [2.75, 3.05) is 0 Å². The third-order valence-corrected chi connectivity index (χ3v) is 3.45. The maximum atomic E-state index is 12.1. The fourth-order valence-corrected chi connectivity index (χ4v) is 2.18. The Bertz CT molecular complexity index is 376. The number of Topliss-reactive ketones (excluding diaryl/α,β-unsaturated/α-hetero) is 1. The van der Waals surface area contributed by atoms with Gasteiger partial charge in [-0.3, -0.25) is 4.79 Å². The van der Waals surface area contributed by atoms with Gasteiger partial charge in [0.15, 0.2) is 5.78 Å². The van der Waals surface area contributed by atoms with Crippen LogP contribution in [-0.4, -0.2) is 11.3 Å². The number of rotatable bonds is 4. The van der Waals surface area contributed by atoms with Crippen LogP contribution in [0.5, 0.6) is 0 Å². The smallest absolute Gasteiger partial charge is 0.182 e. The highest BCUT2D eigenvalue weighted by atomic mass is 16.1. The van der Waals surface area contributed by atoms with Crippen LogP contribution >= 0.6 is 0 Å². The molecule has 1 aliphatic rings. The molecule has 1 fully saturated rings. The molecule has 0 atom stereocenters. The summed E-state index contributed by atoms with van der Waals surface area (Å²) < 4.78 is 0. The molecule has 0 aliphatic heterocycles. The van der Waals surface area contributed by atoms with Gasteiger partial charge in [-0.1, -0.05) is 37.6 Å². The van der Waals surface area contributed by atoms with Crippen LogP contribution in [0.4, 0.5) is 0 Å². The van der Waals surface area contributed by atoms with Crippen LogP contribution in [-0.2, 0) is 6.42 Å². The average Bonchev–Trinajstić information content (AvgIpc) is 2.26. The Labute approximate surface area is 96.8 Å². The van der Waals surface area contributed by atoms with E-state index < -0.39 is 5.54 Å². The Balaban J connectivity index is 2.12. The van der Waals surface area contributed by atoms with E-state index in [1.54, 1.807) is 0 Å². The summed E-state index contributed by atoms with van der Waals surface area (Å²) in [6.07, 6.45) is 4.96. The highest BCUT2D eigenvalue weighted by Gasteiger charge is 2.40. The van der Waals surface area contributed by atoms with E-state index in [0.29, 0.717) is 0 Å². The van der Waals surface area contributed by atoms with E-state index in [1.807, 2.05) is 24.3 Å². The van der Waals surface area contributed by atoms with Crippen molar-refractivity contribution in [1.82, 2.24) is 0 Å².